The minimum atomic E-state index is -2.84. The molecule has 0 aromatic rings. The quantitative estimate of drug-likeness (QED) is 0.303. The van der Waals surface area contributed by atoms with Crippen LogP contribution in [0, 0.1) is 5.92 Å². The normalized spacial score (nSPS) is 20.8. The summed E-state index contributed by atoms with van der Waals surface area (Å²) in [6.07, 6.45) is 7.70. The minimum Gasteiger partial charge on any atom is -0.309 e. The molecule has 0 saturated heterocycles. The Labute approximate surface area is 124 Å². The van der Waals surface area contributed by atoms with Crippen LogP contribution in [0.5, 0.6) is 0 Å². The molecule has 1 aliphatic rings. The second-order valence-electron chi connectivity index (χ2n) is 5.13. The molecule has 1 saturated carbocycles. The van der Waals surface area contributed by atoms with Crippen molar-refractivity contribution in [2.24, 2.45) is 10.9 Å². The Morgan fingerprint density at radius 1 is 1.42 bits per heavy atom. The first-order valence-electron chi connectivity index (χ1n) is 6.82. The predicted octanol–water partition coefficient (Wildman–Crippen LogP) is 4.73. The molecule has 0 radical (unpaired) electrons. The summed E-state index contributed by atoms with van der Waals surface area (Å²) in [5, 5.41) is 2.85. The van der Waals surface area contributed by atoms with Crippen LogP contribution in [0.15, 0.2) is 4.99 Å². The molecule has 0 amide bonds. The number of rotatable bonds is 8. The fourth-order valence-corrected chi connectivity index (χ4v) is 7.27. The molecule has 0 aliphatic heterocycles. The molecule has 0 spiro atoms. The van der Waals surface area contributed by atoms with E-state index in [4.69, 9.17) is 4.52 Å². The van der Waals surface area contributed by atoms with Gasteiger partial charge in [0.25, 0.3) is 0 Å². The molecule has 0 aromatic heterocycles. The highest BCUT2D eigenvalue weighted by Crippen LogP contribution is 2.60. The van der Waals surface area contributed by atoms with Crippen molar-refractivity contribution in [3.8, 4) is 0 Å². The van der Waals surface area contributed by atoms with E-state index in [9.17, 15) is 4.57 Å². The standard InChI is InChI=1S/C12H25N2O2PS2/c1-11(2)9-18-19-17(15,16-3)14-10-13-12-7-5-4-6-8-12/h10-12H,4-9H2,1-3H3,(H,13,14,15). The highest BCUT2D eigenvalue weighted by atomic mass is 33.3. The molecule has 4 nitrogen and oxygen atoms in total. The molecule has 0 heterocycles. The Morgan fingerprint density at radius 2 is 2.11 bits per heavy atom. The van der Waals surface area contributed by atoms with Gasteiger partial charge in [0.05, 0.1) is 12.4 Å². The zero-order valence-electron chi connectivity index (χ0n) is 12.0. The Morgan fingerprint density at radius 3 is 2.68 bits per heavy atom. The predicted molar refractivity (Wildman–Crippen MR) is 88.0 cm³/mol. The molecule has 1 aliphatic carbocycles. The molecule has 1 rings (SSSR count). The van der Waals surface area contributed by atoms with Crippen LogP contribution in [0.4, 0.5) is 0 Å². The van der Waals surface area contributed by atoms with E-state index in [-0.39, 0.29) is 0 Å². The SMILES string of the molecule is COP(=O)(NC=NC1CCCCC1)SSCC(C)C. The van der Waals surface area contributed by atoms with Crippen LogP contribution in [0.1, 0.15) is 46.0 Å². The van der Waals surface area contributed by atoms with Crippen molar-refractivity contribution in [3.63, 3.8) is 0 Å². The van der Waals surface area contributed by atoms with Gasteiger partial charge in [-0.05, 0) is 18.8 Å². The van der Waals surface area contributed by atoms with Crippen LogP contribution in [0.25, 0.3) is 0 Å². The van der Waals surface area contributed by atoms with Crippen molar-refractivity contribution in [2.75, 3.05) is 12.9 Å². The summed E-state index contributed by atoms with van der Waals surface area (Å²) in [6, 6.07) is 0.389. The monoisotopic (exact) mass is 324 g/mol. The van der Waals surface area contributed by atoms with Gasteiger partial charge in [0.2, 0.25) is 0 Å². The van der Waals surface area contributed by atoms with Gasteiger partial charge in [0.1, 0.15) is 0 Å². The number of nitrogens with one attached hydrogen (secondary N) is 1. The summed E-state index contributed by atoms with van der Waals surface area (Å²) in [4.78, 5) is 4.45. The van der Waals surface area contributed by atoms with Crippen LogP contribution < -0.4 is 5.09 Å². The summed E-state index contributed by atoms with van der Waals surface area (Å²) < 4.78 is 17.4. The van der Waals surface area contributed by atoms with Crippen molar-refractivity contribution >= 4 is 34.3 Å². The second-order valence-corrected chi connectivity index (χ2v) is 11.4. The highest BCUT2D eigenvalue weighted by molar-refractivity contribution is 8.99. The molecule has 1 fully saturated rings. The van der Waals surface area contributed by atoms with Gasteiger partial charge in [-0.1, -0.05) is 43.9 Å². The molecule has 0 aromatic carbocycles. The molecule has 19 heavy (non-hydrogen) atoms. The second kappa shape index (κ2) is 9.32. The molecule has 0 bridgehead atoms. The maximum atomic E-state index is 12.3. The van der Waals surface area contributed by atoms with Crippen molar-refractivity contribution < 1.29 is 9.09 Å². The number of nitrogens with zero attached hydrogens (tertiary/aromatic N) is 1. The zero-order chi connectivity index (χ0) is 14.1. The van der Waals surface area contributed by atoms with E-state index in [1.54, 1.807) is 17.1 Å². The summed E-state index contributed by atoms with van der Waals surface area (Å²) >= 11 is 0. The van der Waals surface area contributed by atoms with Gasteiger partial charge in [-0.3, -0.25) is 14.6 Å². The third kappa shape index (κ3) is 7.64. The van der Waals surface area contributed by atoms with Crippen LogP contribution in [-0.2, 0) is 9.09 Å². The lowest BCUT2D eigenvalue weighted by Crippen LogP contribution is -2.13. The third-order valence-electron chi connectivity index (χ3n) is 2.87. The van der Waals surface area contributed by atoms with Crippen LogP contribution in [0.2, 0.25) is 0 Å². The third-order valence-corrected chi connectivity index (χ3v) is 9.68. The maximum Gasteiger partial charge on any atom is 0.361 e. The minimum absolute atomic E-state index is 0.389. The number of aliphatic imine (C=N–C) groups is 1. The van der Waals surface area contributed by atoms with Crippen molar-refractivity contribution in [1.29, 1.82) is 0 Å². The molecule has 7 heteroatoms. The zero-order valence-corrected chi connectivity index (χ0v) is 14.5. The van der Waals surface area contributed by atoms with E-state index in [1.165, 1.54) is 36.8 Å². The van der Waals surface area contributed by atoms with Crippen molar-refractivity contribution in [1.82, 2.24) is 5.09 Å². The van der Waals surface area contributed by atoms with Crippen LogP contribution in [-0.4, -0.2) is 25.2 Å². The average molecular weight is 324 g/mol. The van der Waals surface area contributed by atoms with E-state index in [0.29, 0.717) is 12.0 Å². The average Bonchev–Trinajstić information content (AvgIpc) is 2.39. The fourth-order valence-electron chi connectivity index (χ4n) is 1.78. The Kier molecular flexibility index (Phi) is 8.54. The Bertz CT molecular complexity index is 321. The van der Waals surface area contributed by atoms with Gasteiger partial charge >= 0.3 is 6.72 Å². The van der Waals surface area contributed by atoms with Crippen molar-refractivity contribution in [3.05, 3.63) is 0 Å². The largest absolute Gasteiger partial charge is 0.361 e. The Hall–Kier alpha value is 0.360. The van der Waals surface area contributed by atoms with Gasteiger partial charge in [-0.25, -0.2) is 0 Å². The lowest BCUT2D eigenvalue weighted by atomic mass is 9.96. The van der Waals surface area contributed by atoms with E-state index in [1.807, 2.05) is 0 Å². The van der Waals surface area contributed by atoms with Gasteiger partial charge in [-0.2, -0.15) is 0 Å². The van der Waals surface area contributed by atoms with E-state index >= 15 is 0 Å². The summed E-state index contributed by atoms with van der Waals surface area (Å²) in [7, 11) is 4.35. The van der Waals surface area contributed by atoms with E-state index in [0.717, 1.165) is 18.6 Å². The van der Waals surface area contributed by atoms with E-state index in [2.05, 4.69) is 23.9 Å². The van der Waals surface area contributed by atoms with Gasteiger partial charge in [0.15, 0.2) is 0 Å². The van der Waals surface area contributed by atoms with Gasteiger partial charge in [-0.15, -0.1) is 0 Å². The topological polar surface area (TPSA) is 50.7 Å². The van der Waals surface area contributed by atoms with Crippen molar-refractivity contribution in [2.45, 2.75) is 52.0 Å². The summed E-state index contributed by atoms with van der Waals surface area (Å²) in [5.74, 6) is 1.54. The maximum absolute atomic E-state index is 12.3. The summed E-state index contributed by atoms with van der Waals surface area (Å²) in [5.41, 5.74) is 0. The molecular weight excluding hydrogens is 299 g/mol. The van der Waals surface area contributed by atoms with Gasteiger partial charge in [0, 0.05) is 23.3 Å². The molecule has 1 atom stereocenters. The highest BCUT2D eigenvalue weighted by Gasteiger charge is 2.22. The fraction of sp³-hybridized carbons (Fsp3) is 0.917. The Balaban J connectivity index is 2.33. The molecule has 1 N–H and O–H groups in total. The lowest BCUT2D eigenvalue weighted by molar-refractivity contribution is 0.406. The summed E-state index contributed by atoms with van der Waals surface area (Å²) in [6.45, 7) is 1.44. The number of hydrogen-bond donors (Lipinski definition) is 1. The van der Waals surface area contributed by atoms with E-state index < -0.39 is 6.72 Å². The van der Waals surface area contributed by atoms with Crippen LogP contribution in [0.3, 0.4) is 0 Å². The first kappa shape index (κ1) is 17.4. The van der Waals surface area contributed by atoms with Crippen LogP contribution >= 0.6 is 27.9 Å². The lowest BCUT2D eigenvalue weighted by Gasteiger charge is -2.18. The first-order chi connectivity index (χ1) is 9.06. The first-order valence-corrected chi connectivity index (χ1v) is 11.4. The van der Waals surface area contributed by atoms with Gasteiger partial charge < -0.3 is 4.52 Å². The smallest absolute Gasteiger partial charge is 0.309 e. The number of hydrogen-bond acceptors (Lipinski definition) is 5. The molecule has 112 valence electrons. The molecule has 1 unspecified atom stereocenters. The molecular formula is C12H25N2O2PS2.